The van der Waals surface area contributed by atoms with Gasteiger partial charge >= 0.3 is 0 Å². The molecule has 0 saturated heterocycles. The smallest absolute Gasteiger partial charge is 0.135 e. The maximum absolute atomic E-state index is 14.1. The third-order valence-corrected chi connectivity index (χ3v) is 3.90. The zero-order chi connectivity index (χ0) is 14.2. The lowest BCUT2D eigenvalue weighted by atomic mass is 9.86. The van der Waals surface area contributed by atoms with Crippen LogP contribution in [0.2, 0.25) is 0 Å². The second kappa shape index (κ2) is 5.17. The topological polar surface area (TPSA) is 20.2 Å². The summed E-state index contributed by atoms with van der Waals surface area (Å²) in [5.41, 5.74) is -1.25. The van der Waals surface area contributed by atoms with Gasteiger partial charge in [0.1, 0.15) is 17.2 Å². The van der Waals surface area contributed by atoms with E-state index in [1.165, 1.54) is 19.1 Å². The van der Waals surface area contributed by atoms with Crippen LogP contribution in [0.5, 0.6) is 0 Å². The molecule has 100 valence electrons. The Balaban J connectivity index is 2.62. The second-order valence-corrected chi connectivity index (χ2v) is 5.88. The van der Waals surface area contributed by atoms with Gasteiger partial charge in [0.15, 0.2) is 0 Å². The zero-order valence-corrected chi connectivity index (χ0v) is 12.7. The minimum Gasteiger partial charge on any atom is -0.380 e. The summed E-state index contributed by atoms with van der Waals surface area (Å²) in [6.45, 7) is 2.94. The summed E-state index contributed by atoms with van der Waals surface area (Å²) in [5.74, 6) is -1.45. The van der Waals surface area contributed by atoms with Gasteiger partial charge in [0.05, 0.1) is 5.56 Å². The van der Waals surface area contributed by atoms with Crippen molar-refractivity contribution in [2.75, 3.05) is 0 Å². The van der Waals surface area contributed by atoms with Crippen LogP contribution in [0.25, 0.3) is 0 Å². The first kappa shape index (κ1) is 14.4. The van der Waals surface area contributed by atoms with Gasteiger partial charge in [0.25, 0.3) is 0 Å². The zero-order valence-electron chi connectivity index (χ0n) is 10.5. The lowest BCUT2D eigenvalue weighted by molar-refractivity contribution is 0.0932. The fourth-order valence-electron chi connectivity index (χ4n) is 2.02. The summed E-state index contributed by atoms with van der Waals surface area (Å²) >= 11 is 2.13. The molecule has 0 spiro atoms. The van der Waals surface area contributed by atoms with Crippen LogP contribution < -0.4 is 0 Å². The van der Waals surface area contributed by atoms with E-state index in [0.717, 1.165) is 3.57 Å². The van der Waals surface area contributed by atoms with Crippen molar-refractivity contribution in [1.29, 1.82) is 0 Å². The first-order chi connectivity index (χ1) is 8.84. The van der Waals surface area contributed by atoms with Crippen molar-refractivity contribution in [3.05, 3.63) is 68.3 Å². The van der Waals surface area contributed by atoms with Gasteiger partial charge in [-0.15, -0.1) is 0 Å². The Morgan fingerprint density at radius 3 is 2.21 bits per heavy atom. The molecule has 2 rings (SSSR count). The van der Waals surface area contributed by atoms with Crippen molar-refractivity contribution < 1.29 is 13.9 Å². The van der Waals surface area contributed by atoms with Gasteiger partial charge in [0, 0.05) is 3.57 Å². The Morgan fingerprint density at radius 1 is 1.05 bits per heavy atom. The molecule has 0 saturated carbocycles. The number of halogens is 3. The molecular weight excluding hydrogens is 361 g/mol. The number of aryl methyl sites for hydroxylation is 1. The van der Waals surface area contributed by atoms with Crippen molar-refractivity contribution in [3.8, 4) is 0 Å². The Labute approximate surface area is 124 Å². The first-order valence-corrected chi connectivity index (χ1v) is 6.85. The van der Waals surface area contributed by atoms with E-state index in [1.807, 2.05) is 0 Å². The van der Waals surface area contributed by atoms with Gasteiger partial charge in [-0.25, -0.2) is 8.78 Å². The van der Waals surface area contributed by atoms with E-state index in [0.29, 0.717) is 11.1 Å². The highest BCUT2D eigenvalue weighted by Crippen LogP contribution is 2.34. The van der Waals surface area contributed by atoms with Crippen LogP contribution in [0, 0.1) is 22.1 Å². The maximum atomic E-state index is 14.1. The van der Waals surface area contributed by atoms with E-state index in [1.54, 1.807) is 31.2 Å². The van der Waals surface area contributed by atoms with Gasteiger partial charge in [-0.2, -0.15) is 0 Å². The van der Waals surface area contributed by atoms with Gasteiger partial charge < -0.3 is 5.11 Å². The molecule has 1 atom stereocenters. The Morgan fingerprint density at radius 2 is 1.63 bits per heavy atom. The van der Waals surface area contributed by atoms with Gasteiger partial charge in [-0.05, 0) is 65.8 Å². The van der Waals surface area contributed by atoms with Crippen LogP contribution in [0.4, 0.5) is 8.78 Å². The summed E-state index contributed by atoms with van der Waals surface area (Å²) in [4.78, 5) is 0. The monoisotopic (exact) mass is 374 g/mol. The van der Waals surface area contributed by atoms with Gasteiger partial charge in [-0.3, -0.25) is 0 Å². The van der Waals surface area contributed by atoms with Crippen LogP contribution in [0.1, 0.15) is 23.6 Å². The van der Waals surface area contributed by atoms with E-state index >= 15 is 0 Å². The molecule has 0 aliphatic rings. The van der Waals surface area contributed by atoms with Crippen LogP contribution in [-0.4, -0.2) is 5.11 Å². The molecule has 0 heterocycles. The first-order valence-electron chi connectivity index (χ1n) is 5.77. The minimum absolute atomic E-state index is 0.308. The van der Waals surface area contributed by atoms with E-state index in [4.69, 9.17) is 0 Å². The highest BCUT2D eigenvalue weighted by molar-refractivity contribution is 14.1. The lowest BCUT2D eigenvalue weighted by Gasteiger charge is -2.26. The molecule has 1 unspecified atom stereocenters. The maximum Gasteiger partial charge on any atom is 0.135 e. The predicted molar refractivity (Wildman–Crippen MR) is 78.9 cm³/mol. The fraction of sp³-hybridized carbons (Fsp3) is 0.200. The van der Waals surface area contributed by atoms with Crippen LogP contribution >= 0.6 is 22.6 Å². The molecule has 0 radical (unpaired) electrons. The summed E-state index contributed by atoms with van der Waals surface area (Å²) in [7, 11) is 0. The quantitative estimate of drug-likeness (QED) is 0.784. The molecule has 0 bridgehead atoms. The van der Waals surface area contributed by atoms with E-state index in [-0.39, 0.29) is 5.56 Å². The summed E-state index contributed by atoms with van der Waals surface area (Å²) in [5, 5.41) is 10.6. The second-order valence-electron chi connectivity index (χ2n) is 4.63. The van der Waals surface area contributed by atoms with Gasteiger partial charge in [-0.1, -0.05) is 18.2 Å². The number of rotatable bonds is 2. The predicted octanol–water partition coefficient (Wildman–Crippen LogP) is 4.13. The van der Waals surface area contributed by atoms with E-state index < -0.39 is 17.2 Å². The lowest BCUT2D eigenvalue weighted by Crippen LogP contribution is -2.26. The summed E-state index contributed by atoms with van der Waals surface area (Å²) < 4.78 is 29.0. The molecule has 1 N–H and O–H groups in total. The van der Waals surface area contributed by atoms with Crippen molar-refractivity contribution in [1.82, 2.24) is 0 Å². The third-order valence-electron chi connectivity index (χ3n) is 3.18. The molecule has 2 aromatic carbocycles. The number of hydrogen-bond acceptors (Lipinski definition) is 1. The molecule has 0 amide bonds. The SMILES string of the molecule is Cc1ccc(F)c(C(C)(O)c2ccc(I)cc2)c1F. The third kappa shape index (κ3) is 2.65. The van der Waals surface area contributed by atoms with Crippen molar-refractivity contribution in [2.45, 2.75) is 19.4 Å². The van der Waals surface area contributed by atoms with Gasteiger partial charge in [0.2, 0.25) is 0 Å². The Hall–Kier alpha value is -1.01. The largest absolute Gasteiger partial charge is 0.380 e. The normalized spacial score (nSPS) is 14.2. The van der Waals surface area contributed by atoms with E-state index in [9.17, 15) is 13.9 Å². The molecular formula is C15H13F2IO. The van der Waals surface area contributed by atoms with Crippen LogP contribution in [0.3, 0.4) is 0 Å². The molecule has 19 heavy (non-hydrogen) atoms. The standard InChI is InChI=1S/C15H13F2IO/c1-9-3-8-12(16)13(14(9)17)15(2,19)10-4-6-11(18)7-5-10/h3-8,19H,1-2H3. The van der Waals surface area contributed by atoms with Crippen molar-refractivity contribution >= 4 is 22.6 Å². The molecule has 0 aromatic heterocycles. The highest BCUT2D eigenvalue weighted by Gasteiger charge is 2.32. The Bertz CT molecular complexity index is 606. The molecule has 1 nitrogen and oxygen atoms in total. The average Bonchev–Trinajstić information content (AvgIpc) is 2.34. The summed E-state index contributed by atoms with van der Waals surface area (Å²) in [6, 6.07) is 9.45. The van der Waals surface area contributed by atoms with Crippen LogP contribution in [0.15, 0.2) is 36.4 Å². The fourth-order valence-corrected chi connectivity index (χ4v) is 2.38. The van der Waals surface area contributed by atoms with E-state index in [2.05, 4.69) is 22.6 Å². The molecule has 0 aliphatic carbocycles. The van der Waals surface area contributed by atoms with Crippen molar-refractivity contribution in [2.24, 2.45) is 0 Å². The molecule has 2 aromatic rings. The molecule has 0 fully saturated rings. The number of aliphatic hydroxyl groups is 1. The summed E-state index contributed by atoms with van der Waals surface area (Å²) in [6.07, 6.45) is 0. The highest BCUT2D eigenvalue weighted by atomic mass is 127. The van der Waals surface area contributed by atoms with Crippen LogP contribution in [-0.2, 0) is 5.60 Å². The minimum atomic E-state index is -1.70. The molecule has 0 aliphatic heterocycles. The molecule has 4 heteroatoms. The number of benzene rings is 2. The average molecular weight is 374 g/mol. The number of hydrogen-bond donors (Lipinski definition) is 1. The Kier molecular flexibility index (Phi) is 3.92. The van der Waals surface area contributed by atoms with Crippen molar-refractivity contribution in [3.63, 3.8) is 0 Å².